The van der Waals surface area contributed by atoms with E-state index >= 15 is 0 Å². The monoisotopic (exact) mass is 692 g/mol. The highest BCUT2D eigenvalue weighted by Gasteiger charge is 2.31. The number of anilines is 2. The van der Waals surface area contributed by atoms with Crippen LogP contribution in [0.5, 0.6) is 0 Å². The molecule has 4 aromatic carbocycles. The Kier molecular flexibility index (Phi) is 9.55. The zero-order valence-corrected chi connectivity index (χ0v) is 30.6. The number of hydrogen-bond acceptors (Lipinski definition) is 6. The average molecular weight is 693 g/mol. The minimum Gasteiger partial charge on any atom is -0.304 e. The highest BCUT2D eigenvalue weighted by atomic mass is 16.2. The van der Waals surface area contributed by atoms with Gasteiger partial charge in [-0.3, -0.25) is 19.0 Å². The maximum Gasteiger partial charge on any atom is 0.258 e. The van der Waals surface area contributed by atoms with Gasteiger partial charge in [0.05, 0.1) is 13.1 Å². The predicted octanol–water partition coefficient (Wildman–Crippen LogP) is 7.26. The lowest BCUT2D eigenvalue weighted by Crippen LogP contribution is -2.23. The highest BCUT2D eigenvalue weighted by molar-refractivity contribution is 6.11. The summed E-state index contributed by atoms with van der Waals surface area (Å²) in [5.74, 6) is 2.54. The summed E-state index contributed by atoms with van der Waals surface area (Å²) in [7, 11) is 3.79. The number of amides is 2. The van der Waals surface area contributed by atoms with Gasteiger partial charge in [-0.25, -0.2) is 9.97 Å². The molecular formula is C42H44N8O2. The Morgan fingerprint density at radius 3 is 1.65 bits per heavy atom. The van der Waals surface area contributed by atoms with Crippen LogP contribution in [0.15, 0.2) is 97.6 Å². The van der Waals surface area contributed by atoms with Gasteiger partial charge in [0.1, 0.15) is 18.5 Å². The van der Waals surface area contributed by atoms with E-state index in [2.05, 4.69) is 84.3 Å². The van der Waals surface area contributed by atoms with Crippen molar-refractivity contribution in [3.8, 4) is 0 Å². The van der Waals surface area contributed by atoms with E-state index in [0.29, 0.717) is 19.0 Å². The van der Waals surface area contributed by atoms with Gasteiger partial charge in [0.25, 0.3) is 11.8 Å². The summed E-state index contributed by atoms with van der Waals surface area (Å²) >= 11 is 0. The van der Waals surface area contributed by atoms with Gasteiger partial charge in [-0.05, 0) is 95.5 Å². The van der Waals surface area contributed by atoms with Crippen molar-refractivity contribution in [2.45, 2.75) is 65.5 Å². The van der Waals surface area contributed by atoms with Crippen molar-refractivity contribution in [1.29, 1.82) is 0 Å². The lowest BCUT2D eigenvalue weighted by molar-refractivity contribution is 0.0989. The molecule has 0 fully saturated rings. The van der Waals surface area contributed by atoms with Gasteiger partial charge in [0, 0.05) is 49.4 Å². The molecule has 0 spiro atoms. The molecule has 2 aliphatic heterocycles. The number of hydrogen-bond donors (Lipinski definition) is 0. The molecule has 2 amide bonds. The second kappa shape index (κ2) is 14.4. The summed E-state index contributed by atoms with van der Waals surface area (Å²) in [5, 5.41) is 8.50. The first-order valence-electron chi connectivity index (χ1n) is 17.8. The van der Waals surface area contributed by atoms with E-state index in [-0.39, 0.29) is 17.7 Å². The first kappa shape index (κ1) is 34.5. The maximum absolute atomic E-state index is 12.8. The maximum atomic E-state index is 12.8. The second-order valence-corrected chi connectivity index (χ2v) is 14.0. The largest absolute Gasteiger partial charge is 0.304 e. The van der Waals surface area contributed by atoms with Gasteiger partial charge in [0.2, 0.25) is 0 Å². The third kappa shape index (κ3) is 6.88. The van der Waals surface area contributed by atoms with Crippen LogP contribution in [0.2, 0.25) is 0 Å². The molecule has 0 bridgehead atoms. The van der Waals surface area contributed by atoms with Gasteiger partial charge < -0.3 is 9.80 Å². The molecule has 0 N–H and O–H groups in total. The smallest absolute Gasteiger partial charge is 0.258 e. The van der Waals surface area contributed by atoms with Crippen LogP contribution in [0, 0.1) is 13.8 Å². The van der Waals surface area contributed by atoms with Crippen LogP contribution in [0.3, 0.4) is 0 Å². The third-order valence-electron chi connectivity index (χ3n) is 10.3. The molecule has 0 unspecified atom stereocenters. The quantitative estimate of drug-likeness (QED) is 0.166. The zero-order valence-electron chi connectivity index (χ0n) is 30.6. The van der Waals surface area contributed by atoms with Gasteiger partial charge in [-0.15, -0.1) is 0 Å². The van der Waals surface area contributed by atoms with Crippen LogP contribution in [-0.4, -0.2) is 41.3 Å². The van der Waals surface area contributed by atoms with E-state index in [1.165, 1.54) is 22.3 Å². The SMILES string of the molecule is Cc1cccc2c1CN(c1cccc([C@H](C)Cc3ncn(C)n3)c1)C2=O.Cc1cccc2c1CN(c1cccc([C@H](C)Cc3ncnn3C)c1)C2=O. The van der Waals surface area contributed by atoms with Gasteiger partial charge in [-0.2, -0.15) is 10.2 Å². The number of fused-ring (bicyclic) bond motifs is 2. The van der Waals surface area contributed by atoms with Crippen molar-refractivity contribution < 1.29 is 9.59 Å². The molecule has 4 heterocycles. The van der Waals surface area contributed by atoms with Crippen LogP contribution in [-0.2, 0) is 40.0 Å². The van der Waals surface area contributed by atoms with E-state index in [0.717, 1.165) is 58.1 Å². The zero-order chi connectivity index (χ0) is 36.5. The standard InChI is InChI=1S/2C21H22N4O/c1-14-6-4-9-18-19(14)12-25(21(18)26)17-8-5-7-16(11-17)15(2)10-20-22-13-24(3)23-20;1-14-6-4-9-18-19(14)12-25(21(18)26)17-8-5-7-16(11-17)15(2)10-20-22-13-23-24(20)3/h2*4-9,11,13,15H,10,12H2,1-3H3/t2*15-/m11/s1. The molecule has 2 aliphatic rings. The number of benzene rings is 4. The fourth-order valence-electron chi connectivity index (χ4n) is 7.16. The molecule has 0 aliphatic carbocycles. The van der Waals surface area contributed by atoms with Crippen molar-refractivity contribution in [2.75, 3.05) is 9.80 Å². The molecule has 0 saturated heterocycles. The molecular weight excluding hydrogens is 649 g/mol. The average Bonchev–Trinajstić information content (AvgIpc) is 3.92. The van der Waals surface area contributed by atoms with E-state index < -0.39 is 0 Å². The minimum absolute atomic E-state index is 0.0832. The number of carbonyl (C=O) groups excluding carboxylic acids is 2. The Hall–Kier alpha value is -5.90. The molecule has 2 atom stereocenters. The van der Waals surface area contributed by atoms with Crippen LogP contribution in [0.4, 0.5) is 11.4 Å². The number of carbonyl (C=O) groups is 2. The Morgan fingerprint density at radius 1 is 0.673 bits per heavy atom. The molecule has 0 radical (unpaired) electrons. The molecule has 52 heavy (non-hydrogen) atoms. The van der Waals surface area contributed by atoms with Crippen LogP contribution in [0.1, 0.15) is 91.4 Å². The van der Waals surface area contributed by atoms with E-state index in [9.17, 15) is 9.59 Å². The predicted molar refractivity (Wildman–Crippen MR) is 203 cm³/mol. The molecule has 0 saturated carbocycles. The normalized spacial score (nSPS) is 14.6. The molecule has 10 nitrogen and oxygen atoms in total. The molecule has 6 aromatic rings. The van der Waals surface area contributed by atoms with Crippen LogP contribution in [0.25, 0.3) is 0 Å². The fourth-order valence-corrected chi connectivity index (χ4v) is 7.16. The lowest BCUT2D eigenvalue weighted by Gasteiger charge is -2.19. The van der Waals surface area contributed by atoms with Crippen molar-refractivity contribution in [3.05, 3.63) is 154 Å². The van der Waals surface area contributed by atoms with E-state index in [4.69, 9.17) is 0 Å². The van der Waals surface area contributed by atoms with E-state index in [1.807, 2.05) is 77.1 Å². The summed E-state index contributed by atoms with van der Waals surface area (Å²) in [6.07, 6.45) is 4.90. The highest BCUT2D eigenvalue weighted by Crippen LogP contribution is 2.34. The topological polar surface area (TPSA) is 102 Å². The number of nitrogens with zero attached hydrogens (tertiary/aromatic N) is 8. The number of aromatic nitrogens is 6. The Labute approximate surface area is 304 Å². The van der Waals surface area contributed by atoms with Crippen LogP contribution < -0.4 is 9.80 Å². The molecule has 10 heteroatoms. The Balaban J connectivity index is 0.000000162. The summed E-state index contributed by atoms with van der Waals surface area (Å²) < 4.78 is 3.53. The number of rotatable bonds is 8. The summed E-state index contributed by atoms with van der Waals surface area (Å²) in [6, 6.07) is 28.4. The summed E-state index contributed by atoms with van der Waals surface area (Å²) in [5.41, 5.74) is 10.5. The summed E-state index contributed by atoms with van der Waals surface area (Å²) in [6.45, 7) is 9.75. The first-order valence-corrected chi connectivity index (χ1v) is 17.8. The summed E-state index contributed by atoms with van der Waals surface area (Å²) in [4.78, 5) is 38.0. The van der Waals surface area contributed by atoms with Gasteiger partial charge in [0.15, 0.2) is 5.82 Å². The van der Waals surface area contributed by atoms with Crippen molar-refractivity contribution in [2.24, 2.45) is 14.1 Å². The van der Waals surface area contributed by atoms with Crippen molar-refractivity contribution >= 4 is 23.2 Å². The van der Waals surface area contributed by atoms with E-state index in [1.54, 1.807) is 17.3 Å². The second-order valence-electron chi connectivity index (χ2n) is 14.0. The first-order chi connectivity index (χ1) is 25.1. The molecule has 264 valence electrons. The Morgan fingerprint density at radius 2 is 1.19 bits per heavy atom. The molecule has 2 aromatic heterocycles. The number of aryl methyl sites for hydroxylation is 4. The molecule has 8 rings (SSSR count). The van der Waals surface area contributed by atoms with Crippen LogP contribution >= 0.6 is 0 Å². The van der Waals surface area contributed by atoms with Crippen molar-refractivity contribution in [1.82, 2.24) is 29.5 Å². The third-order valence-corrected chi connectivity index (χ3v) is 10.3. The minimum atomic E-state index is 0.0832. The van der Waals surface area contributed by atoms with Crippen molar-refractivity contribution in [3.63, 3.8) is 0 Å². The fraction of sp³-hybridized carbons (Fsp3) is 0.286. The Bertz CT molecular complexity index is 2270. The van der Waals surface area contributed by atoms with Gasteiger partial charge >= 0.3 is 0 Å². The lowest BCUT2D eigenvalue weighted by atomic mass is 9.97. The van der Waals surface area contributed by atoms with Gasteiger partial charge in [-0.1, -0.05) is 62.4 Å².